The zero-order valence-electron chi connectivity index (χ0n) is 15.6. The Balaban J connectivity index is 2.43. The lowest BCUT2D eigenvalue weighted by atomic mass is 10.1. The number of amides is 1. The Morgan fingerprint density at radius 1 is 1.20 bits per heavy atom. The molecule has 0 aromatic heterocycles. The van der Waals surface area contributed by atoms with Gasteiger partial charge in [0, 0.05) is 39.4 Å². The number of rotatable bonds is 6. The molecule has 1 saturated heterocycles. The Labute approximate surface area is 151 Å². The lowest BCUT2D eigenvalue weighted by Gasteiger charge is -2.30. The monoisotopic (exact) mass is 367 g/mol. The van der Waals surface area contributed by atoms with Crippen molar-refractivity contribution in [1.29, 1.82) is 0 Å². The third kappa shape index (κ3) is 4.73. The van der Waals surface area contributed by atoms with Gasteiger partial charge >= 0.3 is 0 Å². The standard InChI is InChI=1S/C18H29N3O3S/c1-14(2)13-19-18(22)16-12-15(25(23,24)20(3)4)8-9-17(16)21-10-6-5-7-11-21/h8-9,12,14H,5-7,10-11,13H2,1-4H3,(H,19,22). The normalized spacial score (nSPS) is 15.7. The van der Waals surface area contributed by atoms with Gasteiger partial charge in [-0.15, -0.1) is 0 Å². The molecule has 0 saturated carbocycles. The molecule has 1 amide bonds. The van der Waals surface area contributed by atoms with Gasteiger partial charge in [-0.1, -0.05) is 13.8 Å². The number of anilines is 1. The van der Waals surface area contributed by atoms with E-state index in [-0.39, 0.29) is 10.8 Å². The zero-order valence-corrected chi connectivity index (χ0v) is 16.4. The van der Waals surface area contributed by atoms with E-state index in [9.17, 15) is 13.2 Å². The topological polar surface area (TPSA) is 69.7 Å². The Bertz CT molecular complexity index is 708. The van der Waals surface area contributed by atoms with Crippen molar-refractivity contribution >= 4 is 21.6 Å². The Morgan fingerprint density at radius 3 is 2.40 bits per heavy atom. The number of benzene rings is 1. The summed E-state index contributed by atoms with van der Waals surface area (Å²) in [5.74, 6) is 0.112. The highest BCUT2D eigenvalue weighted by Gasteiger charge is 2.24. The van der Waals surface area contributed by atoms with Crippen LogP contribution in [-0.2, 0) is 10.0 Å². The third-order valence-corrected chi connectivity index (χ3v) is 6.17. The van der Waals surface area contributed by atoms with Gasteiger partial charge in [0.2, 0.25) is 10.0 Å². The van der Waals surface area contributed by atoms with Gasteiger partial charge in [-0.25, -0.2) is 12.7 Å². The van der Waals surface area contributed by atoms with E-state index in [2.05, 4.69) is 10.2 Å². The summed E-state index contributed by atoms with van der Waals surface area (Å²) in [6, 6.07) is 4.87. The SMILES string of the molecule is CC(C)CNC(=O)c1cc(S(=O)(=O)N(C)C)ccc1N1CCCCC1. The lowest BCUT2D eigenvalue weighted by molar-refractivity contribution is 0.0949. The first-order valence-corrected chi connectivity index (χ1v) is 10.3. The van der Waals surface area contributed by atoms with E-state index >= 15 is 0 Å². The molecule has 0 atom stereocenters. The molecule has 1 aliphatic rings. The molecule has 1 N–H and O–H groups in total. The number of nitrogens with one attached hydrogen (secondary N) is 1. The van der Waals surface area contributed by atoms with Crippen molar-refractivity contribution in [2.75, 3.05) is 38.6 Å². The molecule has 0 aliphatic carbocycles. The Morgan fingerprint density at radius 2 is 1.84 bits per heavy atom. The molecule has 1 fully saturated rings. The van der Waals surface area contributed by atoms with Crippen molar-refractivity contribution < 1.29 is 13.2 Å². The van der Waals surface area contributed by atoms with Gasteiger partial charge in [0.05, 0.1) is 10.5 Å². The predicted octanol–water partition coefficient (Wildman–Crippen LogP) is 2.31. The van der Waals surface area contributed by atoms with Crippen LogP contribution < -0.4 is 10.2 Å². The van der Waals surface area contributed by atoms with Crippen LogP contribution in [0.5, 0.6) is 0 Å². The summed E-state index contributed by atoms with van der Waals surface area (Å²) in [5.41, 5.74) is 1.25. The molecule has 0 spiro atoms. The predicted molar refractivity (Wildman–Crippen MR) is 101 cm³/mol. The molecular weight excluding hydrogens is 338 g/mol. The van der Waals surface area contributed by atoms with E-state index in [1.54, 1.807) is 12.1 Å². The van der Waals surface area contributed by atoms with Crippen LogP contribution in [0.1, 0.15) is 43.5 Å². The first-order chi connectivity index (χ1) is 11.7. The summed E-state index contributed by atoms with van der Waals surface area (Å²) in [5, 5.41) is 2.91. The average molecular weight is 368 g/mol. The Hall–Kier alpha value is -1.60. The fraction of sp³-hybridized carbons (Fsp3) is 0.611. The molecule has 1 heterocycles. The van der Waals surface area contributed by atoms with E-state index < -0.39 is 10.0 Å². The second-order valence-corrected chi connectivity index (χ2v) is 9.27. The number of carbonyl (C=O) groups is 1. The molecule has 0 bridgehead atoms. The highest BCUT2D eigenvalue weighted by molar-refractivity contribution is 7.89. The second-order valence-electron chi connectivity index (χ2n) is 7.12. The molecule has 140 valence electrons. The van der Waals surface area contributed by atoms with Crippen molar-refractivity contribution in [2.24, 2.45) is 5.92 Å². The smallest absolute Gasteiger partial charge is 0.253 e. The summed E-state index contributed by atoms with van der Waals surface area (Å²) < 4.78 is 26.0. The van der Waals surface area contributed by atoms with Gasteiger partial charge in [0.15, 0.2) is 0 Å². The summed E-state index contributed by atoms with van der Waals surface area (Å²) in [6.07, 6.45) is 3.37. The largest absolute Gasteiger partial charge is 0.371 e. The fourth-order valence-electron chi connectivity index (χ4n) is 2.87. The molecule has 2 rings (SSSR count). The molecule has 25 heavy (non-hydrogen) atoms. The first-order valence-electron chi connectivity index (χ1n) is 8.83. The van der Waals surface area contributed by atoms with Crippen LogP contribution in [0, 0.1) is 5.92 Å². The lowest BCUT2D eigenvalue weighted by Crippen LogP contribution is -2.34. The maximum Gasteiger partial charge on any atom is 0.253 e. The van der Waals surface area contributed by atoms with Crippen molar-refractivity contribution in [1.82, 2.24) is 9.62 Å². The van der Waals surface area contributed by atoms with E-state index in [4.69, 9.17) is 0 Å². The highest BCUT2D eigenvalue weighted by atomic mass is 32.2. The Kier molecular flexibility index (Phi) is 6.46. The molecular formula is C18H29N3O3S. The van der Waals surface area contributed by atoms with Crippen molar-refractivity contribution in [3.63, 3.8) is 0 Å². The van der Waals surface area contributed by atoms with Gasteiger partial charge in [-0.2, -0.15) is 0 Å². The van der Waals surface area contributed by atoms with Gasteiger partial charge in [0.25, 0.3) is 5.91 Å². The molecule has 1 aliphatic heterocycles. The molecule has 6 nitrogen and oxygen atoms in total. The van der Waals surface area contributed by atoms with Crippen LogP contribution in [0.15, 0.2) is 23.1 Å². The number of carbonyl (C=O) groups excluding carboxylic acids is 1. The molecule has 7 heteroatoms. The zero-order chi connectivity index (χ0) is 18.6. The van der Waals surface area contributed by atoms with Crippen molar-refractivity contribution in [2.45, 2.75) is 38.0 Å². The minimum absolute atomic E-state index is 0.146. The summed E-state index contributed by atoms with van der Waals surface area (Å²) in [6.45, 7) is 6.40. The summed E-state index contributed by atoms with van der Waals surface area (Å²) >= 11 is 0. The first kappa shape index (κ1) is 19.7. The quantitative estimate of drug-likeness (QED) is 0.838. The maximum atomic E-state index is 12.7. The summed E-state index contributed by atoms with van der Waals surface area (Å²) in [4.78, 5) is 15.0. The third-order valence-electron chi connectivity index (χ3n) is 4.36. The average Bonchev–Trinajstić information content (AvgIpc) is 2.59. The highest BCUT2D eigenvalue weighted by Crippen LogP contribution is 2.27. The van der Waals surface area contributed by atoms with Crippen LogP contribution in [0.4, 0.5) is 5.69 Å². The number of nitrogens with zero attached hydrogens (tertiary/aromatic N) is 2. The molecule has 0 unspecified atom stereocenters. The van der Waals surface area contributed by atoms with Gasteiger partial charge < -0.3 is 10.2 Å². The van der Waals surface area contributed by atoms with E-state index in [0.29, 0.717) is 18.0 Å². The van der Waals surface area contributed by atoms with Crippen LogP contribution in [0.2, 0.25) is 0 Å². The second kappa shape index (κ2) is 8.19. The molecule has 1 aromatic rings. The molecule has 1 aromatic carbocycles. The van der Waals surface area contributed by atoms with Crippen LogP contribution in [0.25, 0.3) is 0 Å². The van der Waals surface area contributed by atoms with E-state index in [1.807, 2.05) is 13.8 Å². The van der Waals surface area contributed by atoms with E-state index in [0.717, 1.165) is 31.6 Å². The van der Waals surface area contributed by atoms with Gasteiger partial charge in [-0.3, -0.25) is 4.79 Å². The van der Waals surface area contributed by atoms with Crippen LogP contribution in [-0.4, -0.2) is 52.4 Å². The van der Waals surface area contributed by atoms with Crippen molar-refractivity contribution in [3.8, 4) is 0 Å². The number of hydrogen-bond donors (Lipinski definition) is 1. The minimum Gasteiger partial charge on any atom is -0.371 e. The number of piperidine rings is 1. The van der Waals surface area contributed by atoms with Gasteiger partial charge in [0.1, 0.15) is 0 Å². The van der Waals surface area contributed by atoms with Crippen molar-refractivity contribution in [3.05, 3.63) is 23.8 Å². The maximum absolute atomic E-state index is 12.7. The summed E-state index contributed by atoms with van der Waals surface area (Å²) in [7, 11) is -0.592. The molecule has 0 radical (unpaired) electrons. The van der Waals surface area contributed by atoms with Crippen LogP contribution >= 0.6 is 0 Å². The number of sulfonamides is 1. The fourth-order valence-corrected chi connectivity index (χ4v) is 3.80. The van der Waals surface area contributed by atoms with Gasteiger partial charge in [-0.05, 0) is 43.4 Å². The number of hydrogen-bond acceptors (Lipinski definition) is 4. The van der Waals surface area contributed by atoms with E-state index in [1.165, 1.54) is 30.9 Å². The minimum atomic E-state index is -3.58. The van der Waals surface area contributed by atoms with Crippen LogP contribution in [0.3, 0.4) is 0 Å².